The first-order valence-electron chi connectivity index (χ1n) is 13.7. The summed E-state index contributed by atoms with van der Waals surface area (Å²) in [7, 11) is 1.52. The second kappa shape index (κ2) is 14.0. The number of hydrogen-bond acceptors (Lipinski definition) is 5. The smallest absolute Gasteiger partial charge is 0.218 e. The lowest BCUT2D eigenvalue weighted by molar-refractivity contribution is -0.0142. The van der Waals surface area contributed by atoms with Crippen LogP contribution in [0.15, 0.2) is 48.7 Å². The quantitative estimate of drug-likeness (QED) is 0.108. The molecule has 208 valence electrons. The molecule has 0 aliphatic heterocycles. The van der Waals surface area contributed by atoms with Gasteiger partial charge >= 0.3 is 0 Å². The Morgan fingerprint density at radius 2 is 2.13 bits per heavy atom. The van der Waals surface area contributed by atoms with E-state index in [9.17, 15) is 14.4 Å². The van der Waals surface area contributed by atoms with E-state index in [0.29, 0.717) is 34.8 Å². The van der Waals surface area contributed by atoms with E-state index in [0.717, 1.165) is 36.0 Å². The SMILES string of the molecule is C=CC(F)OCc1cc(-c2cnc(/C=C(\C=C/C)C(C)(C)C#N)[nH]2)cc(OC)c1C(=O)CCCCC1CCC1. The Kier molecular flexibility index (Phi) is 10.8. The Balaban J connectivity index is 1.92. The van der Waals surface area contributed by atoms with Gasteiger partial charge in [-0.2, -0.15) is 5.26 Å². The number of nitriles is 1. The first-order valence-corrected chi connectivity index (χ1v) is 13.7. The Hall–Kier alpha value is -3.50. The number of H-pyrrole nitrogens is 1. The van der Waals surface area contributed by atoms with Crippen molar-refractivity contribution in [2.45, 2.75) is 78.7 Å². The number of halogens is 1. The highest BCUT2D eigenvalue weighted by Gasteiger charge is 2.23. The fraction of sp³-hybridized carbons (Fsp3) is 0.469. The molecule has 7 heteroatoms. The number of allylic oxidation sites excluding steroid dienone is 3. The number of aromatic amines is 1. The minimum Gasteiger partial charge on any atom is -0.496 e. The number of nitrogens with zero attached hydrogens (tertiary/aromatic N) is 2. The van der Waals surface area contributed by atoms with Crippen molar-refractivity contribution in [1.82, 2.24) is 9.97 Å². The zero-order chi connectivity index (χ0) is 28.4. The Bertz CT molecular complexity index is 1250. The summed E-state index contributed by atoms with van der Waals surface area (Å²) in [5, 5.41) is 9.58. The summed E-state index contributed by atoms with van der Waals surface area (Å²) in [6.45, 7) is 8.93. The summed E-state index contributed by atoms with van der Waals surface area (Å²) in [4.78, 5) is 21.1. The lowest BCUT2D eigenvalue weighted by atomic mass is 9.81. The van der Waals surface area contributed by atoms with Gasteiger partial charge in [0, 0.05) is 12.0 Å². The monoisotopic (exact) mass is 533 g/mol. The number of methoxy groups -OCH3 is 1. The average Bonchev–Trinajstić information content (AvgIpc) is 3.38. The molecule has 1 saturated carbocycles. The van der Waals surface area contributed by atoms with Crippen molar-refractivity contribution in [2.24, 2.45) is 11.3 Å². The van der Waals surface area contributed by atoms with E-state index < -0.39 is 11.8 Å². The maximum absolute atomic E-state index is 13.9. The van der Waals surface area contributed by atoms with Crippen molar-refractivity contribution >= 4 is 11.9 Å². The Morgan fingerprint density at radius 1 is 1.36 bits per heavy atom. The molecule has 1 unspecified atom stereocenters. The largest absolute Gasteiger partial charge is 0.496 e. The maximum Gasteiger partial charge on any atom is 0.218 e. The van der Waals surface area contributed by atoms with E-state index in [-0.39, 0.29) is 12.4 Å². The van der Waals surface area contributed by atoms with Crippen molar-refractivity contribution in [3.63, 3.8) is 0 Å². The van der Waals surface area contributed by atoms with Gasteiger partial charge in [0.2, 0.25) is 6.36 Å². The highest BCUT2D eigenvalue weighted by atomic mass is 19.1. The molecular formula is C32H40FN3O3. The van der Waals surface area contributed by atoms with Gasteiger partial charge in [0.25, 0.3) is 0 Å². The predicted octanol–water partition coefficient (Wildman–Crippen LogP) is 8.14. The minimum atomic E-state index is -1.65. The van der Waals surface area contributed by atoms with Crippen molar-refractivity contribution < 1.29 is 18.7 Å². The molecule has 1 N–H and O–H groups in total. The number of aromatic nitrogens is 2. The fourth-order valence-electron chi connectivity index (χ4n) is 4.67. The number of ketones is 1. The van der Waals surface area contributed by atoms with Gasteiger partial charge in [-0.3, -0.25) is 4.79 Å². The summed E-state index contributed by atoms with van der Waals surface area (Å²) < 4.78 is 24.9. The molecule has 0 radical (unpaired) electrons. The summed E-state index contributed by atoms with van der Waals surface area (Å²) >= 11 is 0. The topological polar surface area (TPSA) is 88.0 Å². The molecule has 0 bridgehead atoms. The van der Waals surface area contributed by atoms with Crippen LogP contribution in [0.3, 0.4) is 0 Å². The molecular weight excluding hydrogens is 493 g/mol. The van der Waals surface area contributed by atoms with E-state index >= 15 is 0 Å². The van der Waals surface area contributed by atoms with Crippen LogP contribution in [0.5, 0.6) is 5.75 Å². The summed E-state index contributed by atoms with van der Waals surface area (Å²) in [5.41, 5.74) is 2.50. The molecule has 1 aromatic heterocycles. The third kappa shape index (κ3) is 8.00. The van der Waals surface area contributed by atoms with Crippen molar-refractivity contribution in [3.8, 4) is 23.1 Å². The molecule has 39 heavy (non-hydrogen) atoms. The molecule has 1 atom stereocenters. The van der Waals surface area contributed by atoms with Crippen LogP contribution in [0.25, 0.3) is 17.3 Å². The Labute approximate surface area is 231 Å². The van der Waals surface area contributed by atoms with Crippen LogP contribution >= 0.6 is 0 Å². The van der Waals surface area contributed by atoms with Crippen LogP contribution < -0.4 is 4.74 Å². The lowest BCUT2D eigenvalue weighted by Crippen LogP contribution is -2.12. The molecule has 2 aromatic rings. The van der Waals surface area contributed by atoms with E-state index in [1.165, 1.54) is 32.8 Å². The molecule has 1 heterocycles. The second-order valence-electron chi connectivity index (χ2n) is 10.6. The van der Waals surface area contributed by atoms with Crippen molar-refractivity contribution in [2.75, 3.05) is 7.11 Å². The van der Waals surface area contributed by atoms with Crippen LogP contribution in [0.4, 0.5) is 4.39 Å². The lowest BCUT2D eigenvalue weighted by Gasteiger charge is -2.25. The van der Waals surface area contributed by atoms with Gasteiger partial charge < -0.3 is 14.5 Å². The van der Waals surface area contributed by atoms with Gasteiger partial charge in [-0.15, -0.1) is 0 Å². The maximum atomic E-state index is 13.9. The zero-order valence-electron chi connectivity index (χ0n) is 23.6. The van der Waals surface area contributed by atoms with Crippen LogP contribution in [-0.4, -0.2) is 29.2 Å². The molecule has 0 spiro atoms. The number of carbonyl (C=O) groups excluding carboxylic acids is 1. The second-order valence-corrected chi connectivity index (χ2v) is 10.6. The predicted molar refractivity (Wildman–Crippen MR) is 153 cm³/mol. The zero-order valence-corrected chi connectivity index (χ0v) is 23.6. The number of Topliss-reactive ketones (excluding diaryl/α,β-unsaturated/α-hetero) is 1. The van der Waals surface area contributed by atoms with Gasteiger partial charge in [0.1, 0.15) is 11.6 Å². The van der Waals surface area contributed by atoms with Crippen molar-refractivity contribution in [3.05, 3.63) is 65.7 Å². The molecule has 6 nitrogen and oxygen atoms in total. The first kappa shape index (κ1) is 30.0. The van der Waals surface area contributed by atoms with Gasteiger partial charge in [-0.05, 0) is 68.5 Å². The minimum absolute atomic E-state index is 0.0393. The van der Waals surface area contributed by atoms with Gasteiger partial charge in [0.15, 0.2) is 5.78 Å². The number of rotatable bonds is 15. The summed E-state index contributed by atoms with van der Waals surface area (Å²) in [6.07, 6.45) is 14.0. The molecule has 0 saturated heterocycles. The van der Waals surface area contributed by atoms with Gasteiger partial charge in [-0.1, -0.05) is 50.8 Å². The molecule has 1 fully saturated rings. The Morgan fingerprint density at radius 3 is 2.74 bits per heavy atom. The summed E-state index contributed by atoms with van der Waals surface area (Å²) in [6, 6.07) is 5.92. The van der Waals surface area contributed by atoms with E-state index in [1.54, 1.807) is 12.3 Å². The number of imidazole rings is 1. The molecule has 3 rings (SSSR count). The average molecular weight is 534 g/mol. The number of benzene rings is 1. The number of unbranched alkanes of at least 4 members (excludes halogenated alkanes) is 1. The van der Waals surface area contributed by atoms with Crippen molar-refractivity contribution in [1.29, 1.82) is 5.26 Å². The highest BCUT2D eigenvalue weighted by Crippen LogP contribution is 2.34. The van der Waals surface area contributed by atoms with Crippen LogP contribution in [0, 0.1) is 22.7 Å². The van der Waals surface area contributed by atoms with Gasteiger partial charge in [-0.25, -0.2) is 9.37 Å². The highest BCUT2D eigenvalue weighted by molar-refractivity contribution is 6.00. The standard InChI is InChI=1S/C32H40FN3O3/c1-6-11-25(32(3,4)21-34)18-30-35-19-26(36-30)23-16-24(20-39-29(33)7-2)31(28(17-23)38-5)27(37)15-9-8-12-22-13-10-14-22/h6-7,11,16-19,22,29H,2,8-10,12-15,20H2,1,3-5H3,(H,35,36)/b11-6-,25-18+. The molecule has 1 aliphatic rings. The normalized spacial score (nSPS) is 15.1. The fourth-order valence-corrected chi connectivity index (χ4v) is 4.67. The number of ether oxygens (including phenoxy) is 2. The third-order valence-electron chi connectivity index (χ3n) is 7.30. The van der Waals surface area contributed by atoms with E-state index in [2.05, 4.69) is 22.6 Å². The number of hydrogen-bond donors (Lipinski definition) is 1. The van der Waals surface area contributed by atoms with Crippen LogP contribution in [0.1, 0.15) is 87.5 Å². The molecule has 1 aromatic carbocycles. The number of carbonyl (C=O) groups is 1. The van der Waals surface area contributed by atoms with Crippen LogP contribution in [-0.2, 0) is 11.3 Å². The number of nitrogens with one attached hydrogen (secondary N) is 1. The van der Waals surface area contributed by atoms with E-state index in [4.69, 9.17) is 9.47 Å². The van der Waals surface area contributed by atoms with Crippen LogP contribution in [0.2, 0.25) is 0 Å². The number of alkyl halides is 1. The van der Waals surface area contributed by atoms with E-state index in [1.807, 2.05) is 45.1 Å². The molecule has 1 aliphatic carbocycles. The summed E-state index contributed by atoms with van der Waals surface area (Å²) in [5.74, 6) is 1.77. The first-order chi connectivity index (χ1) is 18.7. The third-order valence-corrected chi connectivity index (χ3v) is 7.30. The van der Waals surface area contributed by atoms with Gasteiger partial charge in [0.05, 0.1) is 42.7 Å². The molecule has 0 amide bonds.